The van der Waals surface area contributed by atoms with Crippen molar-refractivity contribution in [3.05, 3.63) is 0 Å². The Labute approximate surface area is 81.5 Å². The van der Waals surface area contributed by atoms with Crippen molar-refractivity contribution >= 4 is 35.7 Å². The number of rotatable bonds is 0. The van der Waals surface area contributed by atoms with Crippen LogP contribution in [0.4, 0.5) is 4.79 Å². The summed E-state index contributed by atoms with van der Waals surface area (Å²) in [7, 11) is 0. The van der Waals surface area contributed by atoms with Crippen molar-refractivity contribution in [2.75, 3.05) is 13.2 Å². The van der Waals surface area contributed by atoms with Gasteiger partial charge in [-0.2, -0.15) is 0 Å². The molecule has 1 heterocycles. The van der Waals surface area contributed by atoms with Crippen LogP contribution in [0.5, 0.6) is 0 Å². The van der Waals surface area contributed by atoms with Gasteiger partial charge in [-0.15, -0.1) is 0 Å². The van der Waals surface area contributed by atoms with Gasteiger partial charge < -0.3 is 14.9 Å². The molecule has 0 aromatic heterocycles. The van der Waals surface area contributed by atoms with Gasteiger partial charge in [0.2, 0.25) is 0 Å². The van der Waals surface area contributed by atoms with Gasteiger partial charge >= 0.3 is 35.7 Å². The molecule has 1 saturated heterocycles. The van der Waals surface area contributed by atoms with Gasteiger partial charge in [-0.1, -0.05) is 0 Å². The van der Waals surface area contributed by atoms with Crippen molar-refractivity contribution in [3.63, 3.8) is 0 Å². The van der Waals surface area contributed by atoms with Crippen LogP contribution in [-0.4, -0.2) is 59.1 Å². The van der Waals surface area contributed by atoms with Gasteiger partial charge in [-0.3, -0.25) is 0 Å². The third-order valence-electron chi connectivity index (χ3n) is 0.827. The van der Waals surface area contributed by atoms with Gasteiger partial charge in [-0.25, -0.2) is 4.79 Å². The number of hydrogen-bond donors (Lipinski definition) is 2. The summed E-state index contributed by atoms with van der Waals surface area (Å²) < 4.78 is 4.94. The minimum atomic E-state index is -1.83. The molecule has 0 radical (unpaired) electrons. The van der Waals surface area contributed by atoms with Crippen LogP contribution in [-0.2, 0) is 4.74 Å². The van der Waals surface area contributed by atoms with Gasteiger partial charge in [0.15, 0.2) is 0 Å². The first kappa shape index (κ1) is 12.9. The predicted molar refractivity (Wildman–Crippen MR) is 37.9 cm³/mol. The number of carboxylic acid groups (broad SMARTS) is 2. The van der Waals surface area contributed by atoms with Crippen LogP contribution in [0.25, 0.3) is 0 Å². The van der Waals surface area contributed by atoms with Crippen molar-refractivity contribution in [3.8, 4) is 0 Å². The number of ether oxygens (including phenoxy) is 1. The van der Waals surface area contributed by atoms with E-state index in [1.807, 2.05) is 0 Å². The van der Waals surface area contributed by atoms with Crippen molar-refractivity contribution in [1.29, 1.82) is 0 Å². The van der Waals surface area contributed by atoms with E-state index in [-0.39, 0.29) is 29.6 Å². The van der Waals surface area contributed by atoms with Crippen LogP contribution in [0.1, 0.15) is 12.8 Å². The molecule has 4 nitrogen and oxygen atoms in total. The van der Waals surface area contributed by atoms with Crippen molar-refractivity contribution in [1.82, 2.24) is 0 Å². The minimum absolute atomic E-state index is 0. The van der Waals surface area contributed by atoms with Crippen molar-refractivity contribution in [2.45, 2.75) is 12.8 Å². The summed E-state index contributed by atoms with van der Waals surface area (Å²) in [5.74, 6) is 0. The summed E-state index contributed by atoms with van der Waals surface area (Å²) >= 11 is 0. The van der Waals surface area contributed by atoms with Gasteiger partial charge in [0.05, 0.1) is 0 Å². The normalized spacial score (nSPS) is 14.4. The molecule has 0 aromatic rings. The van der Waals surface area contributed by atoms with E-state index in [1.165, 1.54) is 12.8 Å². The summed E-state index contributed by atoms with van der Waals surface area (Å²) in [5, 5.41) is 13.9. The molecule has 0 unspecified atom stereocenters. The van der Waals surface area contributed by atoms with E-state index in [2.05, 4.69) is 0 Å². The third kappa shape index (κ3) is 15.7. The Balaban J connectivity index is 0. The molecule has 10 heavy (non-hydrogen) atoms. The van der Waals surface area contributed by atoms with E-state index in [9.17, 15) is 0 Å². The molecule has 0 amide bonds. The zero-order chi connectivity index (χ0) is 7.11. The fraction of sp³-hybridized carbons (Fsp3) is 0.800. The number of hydrogen-bond acceptors (Lipinski definition) is 2. The van der Waals surface area contributed by atoms with E-state index in [0.29, 0.717) is 0 Å². The molecule has 0 spiro atoms. The average Bonchev–Trinajstić information content (AvgIpc) is 2.11. The van der Waals surface area contributed by atoms with Crippen LogP contribution in [0, 0.1) is 0 Å². The fourth-order valence-corrected chi connectivity index (χ4v) is 0.510. The first-order valence-electron chi connectivity index (χ1n) is 2.73. The average molecular weight is 158 g/mol. The molecule has 0 aromatic carbocycles. The van der Waals surface area contributed by atoms with E-state index in [0.717, 1.165) is 13.2 Å². The van der Waals surface area contributed by atoms with E-state index in [1.54, 1.807) is 0 Å². The molecule has 2 N–H and O–H groups in total. The second-order valence-corrected chi connectivity index (χ2v) is 1.60. The van der Waals surface area contributed by atoms with Crippen LogP contribution < -0.4 is 0 Å². The maximum atomic E-state index is 8.56. The second kappa shape index (κ2) is 9.23. The Bertz CT molecular complexity index is 70.1. The summed E-state index contributed by atoms with van der Waals surface area (Å²) in [5.41, 5.74) is 0. The standard InChI is InChI=1S/C4H8O.CH2O3.Na.H/c1-2-4-5-3-1;2-1(3)4;;/h1-4H2;(H2,2,3,4);;. The monoisotopic (exact) mass is 158 g/mol. The molecular formula is C5H11NaO4. The Hall–Kier alpha value is 0.230. The Morgan fingerprint density at radius 3 is 1.60 bits per heavy atom. The van der Waals surface area contributed by atoms with Crippen molar-refractivity contribution < 1.29 is 19.7 Å². The van der Waals surface area contributed by atoms with Gasteiger partial charge in [0.25, 0.3) is 0 Å². The summed E-state index contributed by atoms with van der Waals surface area (Å²) in [6, 6.07) is 0. The Morgan fingerprint density at radius 1 is 1.20 bits per heavy atom. The molecule has 1 aliphatic rings. The fourth-order valence-electron chi connectivity index (χ4n) is 0.510. The second-order valence-electron chi connectivity index (χ2n) is 1.60. The van der Waals surface area contributed by atoms with Gasteiger partial charge in [-0.05, 0) is 12.8 Å². The van der Waals surface area contributed by atoms with Crippen LogP contribution in [0.15, 0.2) is 0 Å². The van der Waals surface area contributed by atoms with E-state index < -0.39 is 6.16 Å². The van der Waals surface area contributed by atoms with Crippen LogP contribution in [0.3, 0.4) is 0 Å². The van der Waals surface area contributed by atoms with Gasteiger partial charge in [0.1, 0.15) is 0 Å². The Kier molecular flexibility index (Phi) is 11.9. The topological polar surface area (TPSA) is 66.8 Å². The van der Waals surface area contributed by atoms with E-state index >= 15 is 0 Å². The summed E-state index contributed by atoms with van der Waals surface area (Å²) in [6.07, 6.45) is 0.722. The van der Waals surface area contributed by atoms with E-state index in [4.69, 9.17) is 19.7 Å². The zero-order valence-corrected chi connectivity index (χ0v) is 5.04. The summed E-state index contributed by atoms with van der Waals surface area (Å²) in [4.78, 5) is 8.56. The SMILES string of the molecule is C1CCOC1.O=C(O)O.[NaH]. The number of carbonyl (C=O) groups is 1. The van der Waals surface area contributed by atoms with Crippen LogP contribution in [0.2, 0.25) is 0 Å². The summed E-state index contributed by atoms with van der Waals surface area (Å²) in [6.45, 7) is 2.00. The molecule has 56 valence electrons. The molecule has 5 heteroatoms. The molecule has 0 aliphatic carbocycles. The van der Waals surface area contributed by atoms with Gasteiger partial charge in [0, 0.05) is 13.2 Å². The maximum absolute atomic E-state index is 8.56. The molecule has 1 aliphatic heterocycles. The molecule has 1 fully saturated rings. The molecule has 0 saturated carbocycles. The quantitative estimate of drug-likeness (QED) is 0.500. The molecule has 0 atom stereocenters. The Morgan fingerprint density at radius 2 is 1.50 bits per heavy atom. The predicted octanol–water partition coefficient (Wildman–Crippen LogP) is 0.371. The molecule has 1 rings (SSSR count). The first-order chi connectivity index (χ1) is 4.23. The zero-order valence-electron chi connectivity index (χ0n) is 5.04. The first-order valence-corrected chi connectivity index (χ1v) is 2.73. The van der Waals surface area contributed by atoms with Crippen LogP contribution >= 0.6 is 0 Å². The third-order valence-corrected chi connectivity index (χ3v) is 0.827. The molecule has 0 bridgehead atoms. The van der Waals surface area contributed by atoms with Crippen molar-refractivity contribution in [2.24, 2.45) is 0 Å². The molecular weight excluding hydrogens is 147 g/mol.